The average molecular weight is 697 g/mol. The van der Waals surface area contributed by atoms with Gasteiger partial charge in [0.1, 0.15) is 24.0 Å². The predicted molar refractivity (Wildman–Crippen MR) is 190 cm³/mol. The van der Waals surface area contributed by atoms with Crippen molar-refractivity contribution in [2.45, 2.75) is 25.0 Å². The second-order valence-corrected chi connectivity index (χ2v) is 13.3. The molecule has 49 heavy (non-hydrogen) atoms. The number of benzene rings is 4. The van der Waals surface area contributed by atoms with Crippen LogP contribution in [0.4, 0.5) is 5.69 Å². The van der Waals surface area contributed by atoms with Crippen LogP contribution in [0.25, 0.3) is 22.6 Å². The van der Waals surface area contributed by atoms with E-state index in [1.54, 1.807) is 24.7 Å². The van der Waals surface area contributed by atoms with Crippen LogP contribution in [0.15, 0.2) is 114 Å². The molecule has 2 fully saturated rings. The first-order chi connectivity index (χ1) is 24.0. The molecular weight excluding hydrogens is 661 g/mol. The van der Waals surface area contributed by atoms with Gasteiger partial charge in [0.05, 0.1) is 24.5 Å². The molecule has 6 aromatic rings. The van der Waals surface area contributed by atoms with Crippen LogP contribution < -0.4 is 9.64 Å². The molecule has 0 radical (unpaired) electrons. The number of imidazole rings is 1. The summed E-state index contributed by atoms with van der Waals surface area (Å²) < 4.78 is 26.8. The predicted octanol–water partition coefficient (Wildman–Crippen LogP) is 7.67. The first-order valence-corrected chi connectivity index (χ1v) is 17.1. The van der Waals surface area contributed by atoms with Crippen LogP contribution in [0.5, 0.6) is 5.75 Å². The highest BCUT2D eigenvalue weighted by molar-refractivity contribution is 6.35. The molecule has 4 heterocycles. The fraction of sp³-hybridized carbons (Fsp3) is 0.263. The Bertz CT molecular complexity index is 1980. The van der Waals surface area contributed by atoms with Crippen LogP contribution in [0.3, 0.4) is 0 Å². The van der Waals surface area contributed by atoms with E-state index in [9.17, 15) is 0 Å². The SMILES string of the molecule is Clc1ccc([C@]2(Cn3ccnc3)OC[C@@H](COc3ccc(N4CCN(Cc5ccc(-c6nc7ccccc7o6)cc5)CC4)cc3)O2)c(Cl)c1. The monoisotopic (exact) mass is 695 g/mol. The van der Waals surface area contributed by atoms with Gasteiger partial charge in [-0.25, -0.2) is 9.97 Å². The summed E-state index contributed by atoms with van der Waals surface area (Å²) in [7, 11) is 0. The number of oxazole rings is 1. The zero-order valence-corrected chi connectivity index (χ0v) is 28.3. The maximum absolute atomic E-state index is 6.61. The van der Waals surface area contributed by atoms with Crippen LogP contribution in [-0.4, -0.2) is 64.9 Å². The molecule has 2 aliphatic heterocycles. The van der Waals surface area contributed by atoms with Gasteiger partial charge in [0, 0.05) is 67.0 Å². The first kappa shape index (κ1) is 31.9. The molecule has 9 nitrogen and oxygen atoms in total. The quantitative estimate of drug-likeness (QED) is 0.145. The number of nitrogens with zero attached hydrogens (tertiary/aromatic N) is 5. The van der Waals surface area contributed by atoms with Crippen LogP contribution >= 0.6 is 23.2 Å². The molecule has 0 amide bonds. The third-order valence-electron chi connectivity index (χ3n) is 9.06. The maximum atomic E-state index is 6.61. The lowest BCUT2D eigenvalue weighted by Gasteiger charge is -2.36. The van der Waals surface area contributed by atoms with Crippen LogP contribution in [-0.2, 0) is 28.4 Å². The van der Waals surface area contributed by atoms with Gasteiger partial charge in [0.25, 0.3) is 0 Å². The summed E-state index contributed by atoms with van der Waals surface area (Å²) in [5.74, 6) is 0.351. The largest absolute Gasteiger partial charge is 0.491 e. The summed E-state index contributed by atoms with van der Waals surface area (Å²) in [6.45, 7) is 5.89. The Balaban J connectivity index is 0.829. The van der Waals surface area contributed by atoms with E-state index in [1.807, 2.05) is 53.2 Å². The molecule has 11 heteroatoms. The summed E-state index contributed by atoms with van der Waals surface area (Å²) in [4.78, 5) is 13.7. The lowest BCUT2D eigenvalue weighted by molar-refractivity contribution is -0.189. The van der Waals surface area contributed by atoms with Gasteiger partial charge >= 0.3 is 0 Å². The second kappa shape index (κ2) is 13.9. The van der Waals surface area contributed by atoms with Gasteiger partial charge in [0.15, 0.2) is 5.58 Å². The molecule has 0 N–H and O–H groups in total. The zero-order valence-electron chi connectivity index (χ0n) is 26.8. The summed E-state index contributed by atoms with van der Waals surface area (Å²) >= 11 is 12.8. The third-order valence-corrected chi connectivity index (χ3v) is 9.61. The zero-order chi connectivity index (χ0) is 33.2. The van der Waals surface area contributed by atoms with E-state index in [0.29, 0.717) is 41.3 Å². The van der Waals surface area contributed by atoms with Gasteiger partial charge in [-0.3, -0.25) is 4.90 Å². The minimum absolute atomic E-state index is 0.291. The molecule has 0 spiro atoms. The van der Waals surface area contributed by atoms with Gasteiger partial charge in [-0.15, -0.1) is 0 Å². The van der Waals surface area contributed by atoms with E-state index in [2.05, 4.69) is 56.2 Å². The van der Waals surface area contributed by atoms with E-state index in [0.717, 1.165) is 55.1 Å². The van der Waals surface area contributed by atoms with Crippen molar-refractivity contribution in [2.24, 2.45) is 0 Å². The number of aromatic nitrogens is 3. The molecule has 4 aromatic carbocycles. The molecule has 0 bridgehead atoms. The molecule has 2 saturated heterocycles. The van der Waals surface area contributed by atoms with E-state index in [4.69, 9.17) is 41.8 Å². The number of halogens is 2. The average Bonchev–Trinajstić information content (AvgIpc) is 3.89. The van der Waals surface area contributed by atoms with Crippen molar-refractivity contribution in [2.75, 3.05) is 44.3 Å². The van der Waals surface area contributed by atoms with Gasteiger partial charge < -0.3 is 28.1 Å². The maximum Gasteiger partial charge on any atom is 0.227 e. The summed E-state index contributed by atoms with van der Waals surface area (Å²) in [5.41, 5.74) is 5.85. The Hall–Kier alpha value is -4.38. The highest BCUT2D eigenvalue weighted by Gasteiger charge is 2.45. The molecule has 0 unspecified atom stereocenters. The number of fused-ring (bicyclic) bond motifs is 1. The Morgan fingerprint density at radius 1 is 0.898 bits per heavy atom. The number of hydrogen-bond donors (Lipinski definition) is 0. The molecular formula is C38H35Cl2N5O4. The van der Waals surface area contributed by atoms with E-state index in [-0.39, 0.29) is 6.10 Å². The van der Waals surface area contributed by atoms with Crippen molar-refractivity contribution in [3.8, 4) is 17.2 Å². The lowest BCUT2D eigenvalue weighted by Crippen LogP contribution is -2.45. The molecule has 0 saturated carbocycles. The highest BCUT2D eigenvalue weighted by atomic mass is 35.5. The van der Waals surface area contributed by atoms with Crippen molar-refractivity contribution >= 4 is 40.0 Å². The first-order valence-electron chi connectivity index (χ1n) is 16.4. The van der Waals surface area contributed by atoms with Crippen LogP contribution in [0.2, 0.25) is 10.0 Å². The standard InChI is InChI=1S/C38H35Cl2N5O4/c39-29-9-14-33(34(40)21-29)38(25-44-16-15-41-26-44)47-24-32(49-38)23-46-31-12-10-30(11-13-31)45-19-17-43(18-20-45)22-27-5-7-28(8-6-27)37-42-35-3-1-2-4-36(35)48-37/h1-16,21,26,32H,17-20,22-25H2/t32-,38-/m1/s1. The lowest BCUT2D eigenvalue weighted by atomic mass is 10.1. The number of ether oxygens (including phenoxy) is 3. The smallest absolute Gasteiger partial charge is 0.227 e. The minimum Gasteiger partial charge on any atom is -0.491 e. The van der Waals surface area contributed by atoms with Crippen molar-refractivity contribution in [3.05, 3.63) is 131 Å². The number of anilines is 1. The van der Waals surface area contributed by atoms with Crippen LogP contribution in [0, 0.1) is 0 Å². The van der Waals surface area contributed by atoms with E-state index < -0.39 is 5.79 Å². The molecule has 250 valence electrons. The number of piperazine rings is 1. The molecule has 0 aliphatic carbocycles. The third kappa shape index (κ3) is 7.04. The fourth-order valence-corrected chi connectivity index (χ4v) is 7.04. The van der Waals surface area contributed by atoms with Crippen molar-refractivity contribution in [3.63, 3.8) is 0 Å². The molecule has 2 atom stereocenters. The Morgan fingerprint density at radius 3 is 2.47 bits per heavy atom. The fourth-order valence-electron chi connectivity index (χ4n) is 6.49. The van der Waals surface area contributed by atoms with Gasteiger partial charge in [0.2, 0.25) is 11.7 Å². The number of para-hydroxylation sites is 2. The van der Waals surface area contributed by atoms with Gasteiger partial charge in [-0.05, 0) is 66.2 Å². The minimum atomic E-state index is -1.08. The van der Waals surface area contributed by atoms with E-state index >= 15 is 0 Å². The van der Waals surface area contributed by atoms with Gasteiger partial charge in [-0.2, -0.15) is 0 Å². The Kier molecular flexibility index (Phi) is 9.01. The molecule has 8 rings (SSSR count). The highest BCUT2D eigenvalue weighted by Crippen LogP contribution is 2.40. The van der Waals surface area contributed by atoms with E-state index in [1.165, 1.54) is 11.3 Å². The molecule has 2 aliphatic rings. The van der Waals surface area contributed by atoms with Crippen molar-refractivity contribution < 1.29 is 18.6 Å². The summed E-state index contributed by atoms with van der Waals surface area (Å²) in [6.07, 6.45) is 5.02. The van der Waals surface area contributed by atoms with Crippen molar-refractivity contribution in [1.82, 2.24) is 19.4 Å². The number of hydrogen-bond acceptors (Lipinski definition) is 8. The topological polar surface area (TPSA) is 78.0 Å². The second-order valence-electron chi connectivity index (χ2n) is 12.4. The Labute approximate surface area is 294 Å². The Morgan fingerprint density at radius 2 is 1.71 bits per heavy atom. The summed E-state index contributed by atoms with van der Waals surface area (Å²) in [6, 6.07) is 30.0. The molecule has 2 aromatic heterocycles. The summed E-state index contributed by atoms with van der Waals surface area (Å²) in [5, 5.41) is 1.03. The normalized spacial score (nSPS) is 19.9. The van der Waals surface area contributed by atoms with Crippen molar-refractivity contribution in [1.29, 1.82) is 0 Å². The van der Waals surface area contributed by atoms with Crippen LogP contribution in [0.1, 0.15) is 11.1 Å². The number of rotatable bonds is 10. The van der Waals surface area contributed by atoms with Gasteiger partial charge in [-0.1, -0.05) is 53.5 Å².